The number of thiophene rings is 1. The van der Waals surface area contributed by atoms with E-state index in [2.05, 4.69) is 18.4 Å². The summed E-state index contributed by atoms with van der Waals surface area (Å²) in [5, 5.41) is 2.07. The van der Waals surface area contributed by atoms with Gasteiger partial charge in [0.2, 0.25) is 0 Å². The Balaban J connectivity index is 1.95. The summed E-state index contributed by atoms with van der Waals surface area (Å²) in [4.78, 5) is 1.24. The van der Waals surface area contributed by atoms with E-state index < -0.39 is 0 Å². The maximum atomic E-state index is 6.07. The lowest BCUT2D eigenvalue weighted by atomic mass is 10.1. The summed E-state index contributed by atoms with van der Waals surface area (Å²) in [6.45, 7) is 3.48. The smallest absolute Gasteiger partial charge is 0.159 e. The van der Waals surface area contributed by atoms with Gasteiger partial charge in [-0.15, -0.1) is 11.3 Å². The van der Waals surface area contributed by atoms with E-state index in [-0.39, 0.29) is 12.3 Å². The molecule has 0 bridgehead atoms. The molecule has 1 aromatic heterocycles. The first-order valence-corrected chi connectivity index (χ1v) is 5.68. The summed E-state index contributed by atoms with van der Waals surface area (Å²) < 4.78 is 10.7. The van der Waals surface area contributed by atoms with Crippen LogP contribution < -0.4 is 5.73 Å². The van der Waals surface area contributed by atoms with Crippen molar-refractivity contribution < 1.29 is 9.47 Å². The van der Waals surface area contributed by atoms with E-state index in [1.165, 1.54) is 10.4 Å². The molecule has 1 atom stereocenters. The van der Waals surface area contributed by atoms with Gasteiger partial charge in [-0.3, -0.25) is 0 Å². The number of aryl methyl sites for hydroxylation is 1. The third-order valence-electron chi connectivity index (χ3n) is 2.38. The maximum absolute atomic E-state index is 6.07. The summed E-state index contributed by atoms with van der Waals surface area (Å²) in [5.41, 5.74) is 7.33. The zero-order chi connectivity index (χ0) is 9.97. The van der Waals surface area contributed by atoms with Gasteiger partial charge < -0.3 is 15.2 Å². The van der Waals surface area contributed by atoms with Gasteiger partial charge in [0.15, 0.2) is 6.29 Å². The van der Waals surface area contributed by atoms with Gasteiger partial charge in [-0.1, -0.05) is 0 Å². The number of hydrogen-bond donors (Lipinski definition) is 1. The Hall–Kier alpha value is -0.420. The van der Waals surface area contributed by atoms with E-state index in [4.69, 9.17) is 15.2 Å². The summed E-state index contributed by atoms with van der Waals surface area (Å²) in [6.07, 6.45) is 0.646. The van der Waals surface area contributed by atoms with Crippen LogP contribution in [0.5, 0.6) is 0 Å². The molecule has 1 unspecified atom stereocenters. The Bertz CT molecular complexity index is 294. The lowest BCUT2D eigenvalue weighted by molar-refractivity contribution is -0.0506. The molecule has 2 N–H and O–H groups in total. The Morgan fingerprint density at radius 3 is 2.86 bits per heavy atom. The largest absolute Gasteiger partial charge is 0.350 e. The summed E-state index contributed by atoms with van der Waals surface area (Å²) in [6, 6.07) is 2.13. The molecule has 2 rings (SSSR count). The van der Waals surface area contributed by atoms with E-state index in [9.17, 15) is 0 Å². The average Bonchev–Trinajstić information content (AvgIpc) is 2.75. The van der Waals surface area contributed by atoms with Crippen molar-refractivity contribution >= 4 is 11.3 Å². The maximum Gasteiger partial charge on any atom is 0.159 e. The molecule has 2 heterocycles. The Kier molecular flexibility index (Phi) is 3.18. The second-order valence-corrected chi connectivity index (χ2v) is 4.43. The van der Waals surface area contributed by atoms with Crippen molar-refractivity contribution in [1.29, 1.82) is 0 Å². The summed E-state index contributed by atoms with van der Waals surface area (Å²) >= 11 is 1.70. The molecule has 0 saturated carbocycles. The van der Waals surface area contributed by atoms with Gasteiger partial charge in [-0.2, -0.15) is 0 Å². The van der Waals surface area contributed by atoms with Crippen molar-refractivity contribution in [3.05, 3.63) is 21.9 Å². The molecule has 14 heavy (non-hydrogen) atoms. The van der Waals surface area contributed by atoms with Crippen LogP contribution in [0, 0.1) is 6.92 Å². The molecule has 1 aliphatic rings. The third-order valence-corrected chi connectivity index (χ3v) is 3.53. The van der Waals surface area contributed by atoms with E-state index >= 15 is 0 Å². The zero-order valence-electron chi connectivity index (χ0n) is 8.23. The standard InChI is InChI=1S/C10H15NO2S/c1-7-2-5-14-10(7)8(11)6-9-12-3-4-13-9/h2,5,8-9H,3-4,6,11H2,1H3. The van der Waals surface area contributed by atoms with E-state index in [0.717, 1.165) is 6.42 Å². The number of ether oxygens (including phenoxy) is 2. The van der Waals surface area contributed by atoms with Gasteiger partial charge in [0.25, 0.3) is 0 Å². The van der Waals surface area contributed by atoms with Gasteiger partial charge in [0.1, 0.15) is 0 Å². The van der Waals surface area contributed by atoms with Crippen LogP contribution in [0.25, 0.3) is 0 Å². The fraction of sp³-hybridized carbons (Fsp3) is 0.600. The van der Waals surface area contributed by atoms with Crippen molar-refractivity contribution in [3.8, 4) is 0 Å². The molecular weight excluding hydrogens is 198 g/mol. The van der Waals surface area contributed by atoms with Crippen molar-refractivity contribution in [2.75, 3.05) is 13.2 Å². The van der Waals surface area contributed by atoms with E-state index in [1.54, 1.807) is 11.3 Å². The first-order valence-electron chi connectivity index (χ1n) is 4.80. The first kappa shape index (κ1) is 10.1. The van der Waals surface area contributed by atoms with Gasteiger partial charge in [0.05, 0.1) is 13.2 Å². The molecule has 3 nitrogen and oxygen atoms in total. The molecule has 78 valence electrons. The second-order valence-electron chi connectivity index (χ2n) is 3.48. The van der Waals surface area contributed by atoms with Crippen LogP contribution in [0.4, 0.5) is 0 Å². The fourth-order valence-electron chi connectivity index (χ4n) is 1.62. The van der Waals surface area contributed by atoms with Crippen molar-refractivity contribution in [3.63, 3.8) is 0 Å². The van der Waals surface area contributed by atoms with Crippen molar-refractivity contribution in [2.45, 2.75) is 25.7 Å². The lowest BCUT2D eigenvalue weighted by Gasteiger charge is -2.15. The summed E-state index contributed by atoms with van der Waals surface area (Å²) in [5.74, 6) is 0. The number of nitrogens with two attached hydrogens (primary N) is 1. The molecule has 0 aliphatic carbocycles. The SMILES string of the molecule is Cc1ccsc1C(N)CC1OCCO1. The van der Waals surface area contributed by atoms with Gasteiger partial charge in [0, 0.05) is 17.3 Å². The molecule has 0 radical (unpaired) electrons. The van der Waals surface area contributed by atoms with Crippen molar-refractivity contribution in [1.82, 2.24) is 0 Å². The van der Waals surface area contributed by atoms with Crippen LogP contribution in [-0.2, 0) is 9.47 Å². The molecule has 0 aromatic carbocycles. The summed E-state index contributed by atoms with van der Waals surface area (Å²) in [7, 11) is 0. The topological polar surface area (TPSA) is 44.5 Å². The highest BCUT2D eigenvalue weighted by molar-refractivity contribution is 7.10. The molecule has 1 aromatic rings. The Morgan fingerprint density at radius 1 is 1.57 bits per heavy atom. The van der Waals surface area contributed by atoms with Crippen molar-refractivity contribution in [2.24, 2.45) is 5.73 Å². The van der Waals surface area contributed by atoms with E-state index in [0.29, 0.717) is 13.2 Å². The van der Waals surface area contributed by atoms with Crippen LogP contribution in [0.1, 0.15) is 22.9 Å². The molecule has 0 amide bonds. The zero-order valence-corrected chi connectivity index (χ0v) is 9.05. The molecule has 4 heteroatoms. The normalized spacial score (nSPS) is 20.1. The molecule has 0 spiro atoms. The van der Waals surface area contributed by atoms with Gasteiger partial charge in [-0.25, -0.2) is 0 Å². The van der Waals surface area contributed by atoms with Crippen LogP contribution in [0.15, 0.2) is 11.4 Å². The predicted molar refractivity (Wildman–Crippen MR) is 56.3 cm³/mol. The fourth-order valence-corrected chi connectivity index (χ4v) is 2.57. The Morgan fingerprint density at radius 2 is 2.29 bits per heavy atom. The third kappa shape index (κ3) is 2.15. The predicted octanol–water partition coefficient (Wildman–Crippen LogP) is 1.82. The van der Waals surface area contributed by atoms with Crippen LogP contribution in [0.3, 0.4) is 0 Å². The Labute approximate surface area is 87.8 Å². The van der Waals surface area contributed by atoms with E-state index in [1.807, 2.05) is 0 Å². The molecule has 1 fully saturated rings. The van der Waals surface area contributed by atoms with Crippen LogP contribution in [0.2, 0.25) is 0 Å². The molecule has 1 aliphatic heterocycles. The minimum atomic E-state index is -0.105. The first-order chi connectivity index (χ1) is 6.77. The highest BCUT2D eigenvalue weighted by Gasteiger charge is 2.21. The number of hydrogen-bond acceptors (Lipinski definition) is 4. The second kappa shape index (κ2) is 4.40. The van der Waals surface area contributed by atoms with Gasteiger partial charge in [-0.05, 0) is 23.9 Å². The minimum Gasteiger partial charge on any atom is -0.350 e. The van der Waals surface area contributed by atoms with Gasteiger partial charge >= 0.3 is 0 Å². The minimum absolute atomic E-state index is 0.0399. The lowest BCUT2D eigenvalue weighted by Crippen LogP contribution is -2.19. The number of rotatable bonds is 3. The highest BCUT2D eigenvalue weighted by atomic mass is 32.1. The monoisotopic (exact) mass is 213 g/mol. The average molecular weight is 213 g/mol. The van der Waals surface area contributed by atoms with Crippen LogP contribution in [-0.4, -0.2) is 19.5 Å². The quantitative estimate of drug-likeness (QED) is 0.833. The highest BCUT2D eigenvalue weighted by Crippen LogP contribution is 2.26. The molecular formula is C10H15NO2S. The van der Waals surface area contributed by atoms with Crippen LogP contribution >= 0.6 is 11.3 Å². The molecule has 1 saturated heterocycles.